The third kappa shape index (κ3) is 8.22. The maximum absolute atomic E-state index is 11.8. The Labute approximate surface area is 134 Å². The third-order valence-corrected chi connectivity index (χ3v) is 3.74. The smallest absolute Gasteiger partial charge is 0.410 e. The Morgan fingerprint density at radius 1 is 1.05 bits per heavy atom. The monoisotopic (exact) mass is 313 g/mol. The minimum absolute atomic E-state index is 0.0499. The molecular weight excluding hydrogens is 282 g/mol. The van der Waals surface area contributed by atoms with Gasteiger partial charge in [-0.3, -0.25) is 9.69 Å². The van der Waals surface area contributed by atoms with Crippen molar-refractivity contribution in [1.82, 2.24) is 15.1 Å². The van der Waals surface area contributed by atoms with Crippen molar-refractivity contribution in [2.45, 2.75) is 52.6 Å². The number of unbranched alkanes of at least 4 members (excludes halogenated alkanes) is 3. The van der Waals surface area contributed by atoms with Gasteiger partial charge >= 0.3 is 6.09 Å². The molecule has 1 aliphatic heterocycles. The maximum atomic E-state index is 11.8. The molecule has 0 radical (unpaired) electrons. The fourth-order valence-electron chi connectivity index (χ4n) is 2.51. The molecule has 0 aromatic heterocycles. The Bertz CT molecular complexity index is 340. The molecule has 1 heterocycles. The van der Waals surface area contributed by atoms with E-state index in [1.807, 2.05) is 13.8 Å². The lowest BCUT2D eigenvalue weighted by atomic mass is 10.2. The standard InChI is InChI=1S/C16H31N3O3/c1-14(2)22-16(21)19-12-10-18(11-13-19)9-7-5-4-6-8-17-15(3)20/h14H,4-13H2,1-3H3,(H,17,20). The van der Waals surface area contributed by atoms with Gasteiger partial charge in [0, 0.05) is 39.6 Å². The first-order valence-electron chi connectivity index (χ1n) is 8.41. The van der Waals surface area contributed by atoms with Crippen molar-refractivity contribution in [2.75, 3.05) is 39.3 Å². The van der Waals surface area contributed by atoms with Crippen LogP contribution in [-0.4, -0.2) is 67.2 Å². The Kier molecular flexibility index (Phi) is 8.89. The molecule has 0 saturated carbocycles. The lowest BCUT2D eigenvalue weighted by Gasteiger charge is -2.34. The normalized spacial score (nSPS) is 15.9. The van der Waals surface area contributed by atoms with Crippen molar-refractivity contribution in [2.24, 2.45) is 0 Å². The molecule has 2 amide bonds. The van der Waals surface area contributed by atoms with Crippen molar-refractivity contribution < 1.29 is 14.3 Å². The third-order valence-electron chi connectivity index (χ3n) is 3.74. The quantitative estimate of drug-likeness (QED) is 0.695. The molecule has 1 aliphatic rings. The van der Waals surface area contributed by atoms with Crippen molar-refractivity contribution >= 4 is 12.0 Å². The number of rotatable bonds is 8. The van der Waals surface area contributed by atoms with Crippen LogP contribution in [0.2, 0.25) is 0 Å². The molecule has 6 nitrogen and oxygen atoms in total. The second-order valence-corrected chi connectivity index (χ2v) is 6.16. The van der Waals surface area contributed by atoms with Crippen LogP contribution in [0.1, 0.15) is 46.5 Å². The van der Waals surface area contributed by atoms with Gasteiger partial charge in [-0.1, -0.05) is 12.8 Å². The van der Waals surface area contributed by atoms with Crippen LogP contribution in [0.4, 0.5) is 4.79 Å². The van der Waals surface area contributed by atoms with E-state index < -0.39 is 0 Å². The molecule has 1 rings (SSSR count). The van der Waals surface area contributed by atoms with E-state index >= 15 is 0 Å². The highest BCUT2D eigenvalue weighted by Crippen LogP contribution is 2.07. The lowest BCUT2D eigenvalue weighted by Crippen LogP contribution is -2.49. The summed E-state index contributed by atoms with van der Waals surface area (Å²) in [6.07, 6.45) is 4.33. The number of nitrogens with one attached hydrogen (secondary N) is 1. The number of ether oxygens (including phenoxy) is 1. The molecule has 1 N–H and O–H groups in total. The highest BCUT2D eigenvalue weighted by atomic mass is 16.6. The van der Waals surface area contributed by atoms with Gasteiger partial charge in [0.2, 0.25) is 5.91 Å². The minimum atomic E-state index is -0.187. The SMILES string of the molecule is CC(=O)NCCCCCCN1CCN(C(=O)OC(C)C)CC1. The molecule has 1 fully saturated rings. The summed E-state index contributed by atoms with van der Waals surface area (Å²) in [5, 5.41) is 2.82. The van der Waals surface area contributed by atoms with Crippen LogP contribution < -0.4 is 5.32 Å². The first-order valence-corrected chi connectivity index (χ1v) is 8.41. The fraction of sp³-hybridized carbons (Fsp3) is 0.875. The zero-order valence-electron chi connectivity index (χ0n) is 14.3. The maximum Gasteiger partial charge on any atom is 0.410 e. The summed E-state index contributed by atoms with van der Waals surface area (Å²) in [7, 11) is 0. The summed E-state index contributed by atoms with van der Waals surface area (Å²) in [5.41, 5.74) is 0. The summed E-state index contributed by atoms with van der Waals surface area (Å²) in [5.74, 6) is 0.0499. The zero-order valence-corrected chi connectivity index (χ0v) is 14.3. The topological polar surface area (TPSA) is 61.9 Å². The van der Waals surface area contributed by atoms with E-state index in [1.165, 1.54) is 12.8 Å². The van der Waals surface area contributed by atoms with Crippen LogP contribution in [0, 0.1) is 0 Å². The summed E-state index contributed by atoms with van der Waals surface area (Å²) < 4.78 is 5.22. The molecule has 0 bridgehead atoms. The number of nitrogens with zero attached hydrogens (tertiary/aromatic N) is 2. The van der Waals surface area contributed by atoms with E-state index in [4.69, 9.17) is 4.74 Å². The second kappa shape index (κ2) is 10.4. The van der Waals surface area contributed by atoms with E-state index in [1.54, 1.807) is 11.8 Å². The zero-order chi connectivity index (χ0) is 16.4. The van der Waals surface area contributed by atoms with Gasteiger partial charge in [-0.15, -0.1) is 0 Å². The molecule has 1 saturated heterocycles. The van der Waals surface area contributed by atoms with Crippen LogP contribution in [0.15, 0.2) is 0 Å². The van der Waals surface area contributed by atoms with Crippen LogP contribution in [0.25, 0.3) is 0 Å². The highest BCUT2D eigenvalue weighted by Gasteiger charge is 2.22. The predicted molar refractivity (Wildman–Crippen MR) is 86.8 cm³/mol. The van der Waals surface area contributed by atoms with E-state index in [2.05, 4.69) is 10.2 Å². The van der Waals surface area contributed by atoms with Crippen molar-refractivity contribution in [3.63, 3.8) is 0 Å². The Morgan fingerprint density at radius 3 is 2.27 bits per heavy atom. The predicted octanol–water partition coefficient (Wildman–Crippen LogP) is 1.85. The molecule has 0 aromatic rings. The van der Waals surface area contributed by atoms with Crippen LogP contribution in [-0.2, 0) is 9.53 Å². The van der Waals surface area contributed by atoms with Gasteiger partial charge in [-0.2, -0.15) is 0 Å². The van der Waals surface area contributed by atoms with Crippen molar-refractivity contribution in [1.29, 1.82) is 0 Å². The van der Waals surface area contributed by atoms with Gasteiger partial charge in [-0.25, -0.2) is 4.79 Å². The molecule has 0 atom stereocenters. The Hall–Kier alpha value is -1.30. The molecular formula is C16H31N3O3. The first kappa shape index (κ1) is 18.7. The summed E-state index contributed by atoms with van der Waals surface area (Å²) >= 11 is 0. The average Bonchev–Trinajstić information content (AvgIpc) is 2.46. The van der Waals surface area contributed by atoms with Gasteiger partial charge in [0.25, 0.3) is 0 Å². The molecule has 0 aromatic carbocycles. The molecule has 22 heavy (non-hydrogen) atoms. The number of carbonyl (C=O) groups is 2. The number of piperazine rings is 1. The van der Waals surface area contributed by atoms with E-state index in [0.717, 1.165) is 52.1 Å². The van der Waals surface area contributed by atoms with Crippen molar-refractivity contribution in [3.8, 4) is 0 Å². The Balaban J connectivity index is 2.01. The lowest BCUT2D eigenvalue weighted by molar-refractivity contribution is -0.118. The van der Waals surface area contributed by atoms with E-state index in [-0.39, 0.29) is 18.1 Å². The first-order chi connectivity index (χ1) is 10.5. The van der Waals surface area contributed by atoms with Gasteiger partial charge in [0.05, 0.1) is 6.10 Å². The largest absolute Gasteiger partial charge is 0.447 e. The molecule has 0 aliphatic carbocycles. The van der Waals surface area contributed by atoms with E-state index in [0.29, 0.717) is 0 Å². The van der Waals surface area contributed by atoms with Crippen LogP contribution in [0.5, 0.6) is 0 Å². The van der Waals surface area contributed by atoms with Gasteiger partial charge < -0.3 is 15.0 Å². The molecule has 6 heteroatoms. The Morgan fingerprint density at radius 2 is 1.68 bits per heavy atom. The summed E-state index contributed by atoms with van der Waals surface area (Å²) in [6, 6.07) is 0. The molecule has 0 unspecified atom stereocenters. The molecule has 128 valence electrons. The summed E-state index contributed by atoms with van der Waals surface area (Å²) in [4.78, 5) is 26.7. The average molecular weight is 313 g/mol. The minimum Gasteiger partial charge on any atom is -0.447 e. The highest BCUT2D eigenvalue weighted by molar-refractivity contribution is 5.72. The van der Waals surface area contributed by atoms with Gasteiger partial charge in [-0.05, 0) is 33.2 Å². The van der Waals surface area contributed by atoms with Gasteiger partial charge in [0.1, 0.15) is 0 Å². The number of hydrogen-bond acceptors (Lipinski definition) is 4. The number of amides is 2. The number of hydrogen-bond donors (Lipinski definition) is 1. The fourth-order valence-corrected chi connectivity index (χ4v) is 2.51. The molecule has 0 spiro atoms. The van der Waals surface area contributed by atoms with Crippen LogP contribution >= 0.6 is 0 Å². The number of carbonyl (C=O) groups excluding carboxylic acids is 2. The van der Waals surface area contributed by atoms with Gasteiger partial charge in [0.15, 0.2) is 0 Å². The van der Waals surface area contributed by atoms with E-state index in [9.17, 15) is 9.59 Å². The van der Waals surface area contributed by atoms with Crippen LogP contribution in [0.3, 0.4) is 0 Å². The summed E-state index contributed by atoms with van der Waals surface area (Å²) in [6.45, 7) is 10.6. The second-order valence-electron chi connectivity index (χ2n) is 6.16. The van der Waals surface area contributed by atoms with Crippen molar-refractivity contribution in [3.05, 3.63) is 0 Å².